The third kappa shape index (κ3) is 4.59. The van der Waals surface area contributed by atoms with E-state index in [0.717, 1.165) is 59.6 Å². The zero-order valence-corrected chi connectivity index (χ0v) is 19.7. The molecule has 5 heteroatoms. The van der Waals surface area contributed by atoms with Gasteiger partial charge in [-0.05, 0) is 79.6 Å². The maximum absolute atomic E-state index is 9.07. The fourth-order valence-corrected chi connectivity index (χ4v) is 4.58. The molecule has 5 rings (SSSR count). The molecule has 0 saturated carbocycles. The van der Waals surface area contributed by atoms with Gasteiger partial charge in [0.2, 0.25) is 0 Å². The number of nitrogens with one attached hydrogen (secondary N) is 1. The summed E-state index contributed by atoms with van der Waals surface area (Å²) in [6, 6.07) is 27.5. The lowest BCUT2D eigenvalue weighted by atomic mass is 10.0. The van der Waals surface area contributed by atoms with Crippen molar-refractivity contribution in [3.63, 3.8) is 0 Å². The topological polar surface area (TPSA) is 55.2 Å². The number of aromatic nitrogens is 1. The molecule has 0 radical (unpaired) electrons. The molecule has 0 bridgehead atoms. The summed E-state index contributed by atoms with van der Waals surface area (Å²) >= 11 is 0. The van der Waals surface area contributed by atoms with E-state index in [9.17, 15) is 0 Å². The Morgan fingerprint density at radius 2 is 1.56 bits per heavy atom. The number of fused-ring (bicyclic) bond motifs is 1. The van der Waals surface area contributed by atoms with Crippen LogP contribution in [0.25, 0.3) is 22.0 Å². The summed E-state index contributed by atoms with van der Waals surface area (Å²) in [6.07, 6.45) is 1.84. The molecule has 170 valence electrons. The lowest BCUT2D eigenvalue weighted by Gasteiger charge is -2.38. The first-order valence-electron chi connectivity index (χ1n) is 11.9. The molecule has 2 heterocycles. The summed E-state index contributed by atoms with van der Waals surface area (Å²) < 4.78 is 0. The molecule has 1 saturated heterocycles. The van der Waals surface area contributed by atoms with E-state index in [4.69, 9.17) is 5.26 Å². The van der Waals surface area contributed by atoms with Gasteiger partial charge < -0.3 is 10.2 Å². The number of hydrogen-bond acceptors (Lipinski definition) is 5. The van der Waals surface area contributed by atoms with Crippen molar-refractivity contribution in [2.75, 3.05) is 36.4 Å². The Labute approximate surface area is 201 Å². The molecule has 1 fully saturated rings. The minimum Gasteiger partial charge on any atom is -0.369 e. The number of anilines is 3. The second-order valence-electron chi connectivity index (χ2n) is 9.07. The van der Waals surface area contributed by atoms with E-state index in [0.29, 0.717) is 11.6 Å². The smallest absolute Gasteiger partial charge is 0.0991 e. The normalized spacial score (nSPS) is 14.4. The van der Waals surface area contributed by atoms with Gasteiger partial charge in [-0.15, -0.1) is 0 Å². The zero-order chi connectivity index (χ0) is 23.5. The fraction of sp³-hybridized carbons (Fsp3) is 0.241. The molecule has 34 heavy (non-hydrogen) atoms. The van der Waals surface area contributed by atoms with E-state index < -0.39 is 0 Å². The molecule has 1 N–H and O–H groups in total. The maximum Gasteiger partial charge on any atom is 0.0991 e. The van der Waals surface area contributed by atoms with Gasteiger partial charge in [0, 0.05) is 60.9 Å². The first-order chi connectivity index (χ1) is 16.6. The minimum absolute atomic E-state index is 0.612. The average Bonchev–Trinajstić information content (AvgIpc) is 2.89. The Morgan fingerprint density at radius 1 is 0.853 bits per heavy atom. The molecular weight excluding hydrogens is 418 g/mol. The summed E-state index contributed by atoms with van der Waals surface area (Å²) in [6.45, 7) is 8.90. The van der Waals surface area contributed by atoms with Crippen LogP contribution in [0.2, 0.25) is 0 Å². The molecular formula is C29H29N5. The fourth-order valence-electron chi connectivity index (χ4n) is 4.58. The van der Waals surface area contributed by atoms with E-state index >= 15 is 0 Å². The summed E-state index contributed by atoms with van der Waals surface area (Å²) in [5, 5.41) is 13.7. The van der Waals surface area contributed by atoms with Gasteiger partial charge in [-0.1, -0.05) is 18.2 Å². The number of piperazine rings is 1. The molecule has 0 atom stereocenters. The van der Waals surface area contributed by atoms with Crippen molar-refractivity contribution in [2.24, 2.45) is 0 Å². The second-order valence-corrected chi connectivity index (χ2v) is 9.07. The molecule has 1 aliphatic rings. The summed E-state index contributed by atoms with van der Waals surface area (Å²) in [5.74, 6) is 0. The molecule has 3 aromatic carbocycles. The zero-order valence-electron chi connectivity index (χ0n) is 19.7. The minimum atomic E-state index is 0.612. The predicted molar refractivity (Wildman–Crippen MR) is 141 cm³/mol. The first-order valence-corrected chi connectivity index (χ1v) is 11.9. The molecule has 0 aliphatic carbocycles. The molecule has 1 aromatic heterocycles. The van der Waals surface area contributed by atoms with Crippen LogP contribution in [0.15, 0.2) is 79.0 Å². The Kier molecular flexibility index (Phi) is 6.16. The SMILES string of the molecule is CC(C)N1CCN(c2ccc(Nc3ccnc4ccc(-c5ccc(C#N)cc5)cc34)cc2)CC1. The highest BCUT2D eigenvalue weighted by molar-refractivity contribution is 5.95. The number of pyridine rings is 1. The van der Waals surface area contributed by atoms with Crippen molar-refractivity contribution in [3.05, 3.63) is 84.6 Å². The predicted octanol–water partition coefficient (Wildman–Crippen LogP) is 6.05. The van der Waals surface area contributed by atoms with Crippen molar-refractivity contribution in [3.8, 4) is 17.2 Å². The molecule has 0 amide bonds. The van der Waals surface area contributed by atoms with Crippen LogP contribution in [0.3, 0.4) is 0 Å². The van der Waals surface area contributed by atoms with E-state index in [1.165, 1.54) is 5.69 Å². The van der Waals surface area contributed by atoms with Gasteiger partial charge in [0.15, 0.2) is 0 Å². The van der Waals surface area contributed by atoms with Crippen molar-refractivity contribution in [1.29, 1.82) is 5.26 Å². The Balaban J connectivity index is 1.35. The van der Waals surface area contributed by atoms with Crippen molar-refractivity contribution in [2.45, 2.75) is 19.9 Å². The third-order valence-electron chi connectivity index (χ3n) is 6.64. The molecule has 1 aliphatic heterocycles. The van der Waals surface area contributed by atoms with Crippen LogP contribution in [0.5, 0.6) is 0 Å². The van der Waals surface area contributed by atoms with Gasteiger partial charge in [0.05, 0.1) is 17.1 Å². The number of benzene rings is 3. The summed E-state index contributed by atoms with van der Waals surface area (Å²) in [7, 11) is 0. The highest BCUT2D eigenvalue weighted by Crippen LogP contribution is 2.30. The largest absolute Gasteiger partial charge is 0.369 e. The molecule has 5 nitrogen and oxygen atoms in total. The van der Waals surface area contributed by atoms with Crippen molar-refractivity contribution < 1.29 is 0 Å². The van der Waals surface area contributed by atoms with Gasteiger partial charge in [-0.3, -0.25) is 9.88 Å². The quantitative estimate of drug-likeness (QED) is 0.404. The molecule has 0 spiro atoms. The Hall–Kier alpha value is -3.88. The Bertz CT molecular complexity index is 1310. The monoisotopic (exact) mass is 447 g/mol. The lowest BCUT2D eigenvalue weighted by molar-refractivity contribution is 0.209. The average molecular weight is 448 g/mol. The standard InChI is InChI=1S/C29H29N5/c1-21(2)33-15-17-34(18-16-33)26-10-8-25(9-11-26)32-29-13-14-31-28-12-7-24(19-27(28)29)23-5-3-22(20-30)4-6-23/h3-14,19,21H,15-18H2,1-2H3,(H,31,32). The van der Waals surface area contributed by atoms with Crippen LogP contribution in [-0.2, 0) is 0 Å². The van der Waals surface area contributed by atoms with E-state index in [2.05, 4.69) is 76.4 Å². The molecule has 4 aromatic rings. The highest BCUT2D eigenvalue weighted by atomic mass is 15.3. The van der Waals surface area contributed by atoms with Crippen molar-refractivity contribution in [1.82, 2.24) is 9.88 Å². The van der Waals surface area contributed by atoms with Gasteiger partial charge in [0.1, 0.15) is 0 Å². The van der Waals surface area contributed by atoms with Gasteiger partial charge >= 0.3 is 0 Å². The lowest BCUT2D eigenvalue weighted by Crippen LogP contribution is -2.48. The van der Waals surface area contributed by atoms with E-state index in [-0.39, 0.29) is 0 Å². The highest BCUT2D eigenvalue weighted by Gasteiger charge is 2.18. The second kappa shape index (κ2) is 9.54. The van der Waals surface area contributed by atoms with Crippen LogP contribution >= 0.6 is 0 Å². The number of nitrogens with zero attached hydrogens (tertiary/aromatic N) is 4. The van der Waals surface area contributed by atoms with Crippen LogP contribution in [0, 0.1) is 11.3 Å². The van der Waals surface area contributed by atoms with E-state index in [1.54, 1.807) is 0 Å². The summed E-state index contributed by atoms with van der Waals surface area (Å²) in [4.78, 5) is 9.55. The van der Waals surface area contributed by atoms with Gasteiger partial charge in [-0.25, -0.2) is 0 Å². The third-order valence-corrected chi connectivity index (χ3v) is 6.64. The number of hydrogen-bond donors (Lipinski definition) is 1. The van der Waals surface area contributed by atoms with E-state index in [1.807, 2.05) is 42.6 Å². The van der Waals surface area contributed by atoms with Gasteiger partial charge in [-0.2, -0.15) is 5.26 Å². The van der Waals surface area contributed by atoms with Crippen LogP contribution in [-0.4, -0.2) is 42.1 Å². The number of rotatable bonds is 5. The van der Waals surface area contributed by atoms with Crippen molar-refractivity contribution >= 4 is 28.0 Å². The summed E-state index contributed by atoms with van der Waals surface area (Å²) in [5.41, 5.74) is 7.15. The van der Waals surface area contributed by atoms with Crippen LogP contribution in [0.4, 0.5) is 17.1 Å². The Morgan fingerprint density at radius 3 is 2.24 bits per heavy atom. The first kappa shape index (κ1) is 21.9. The number of nitriles is 1. The van der Waals surface area contributed by atoms with Gasteiger partial charge in [0.25, 0.3) is 0 Å². The van der Waals surface area contributed by atoms with Crippen LogP contribution in [0.1, 0.15) is 19.4 Å². The molecule has 0 unspecified atom stereocenters. The van der Waals surface area contributed by atoms with Crippen LogP contribution < -0.4 is 10.2 Å². The maximum atomic E-state index is 9.07.